The molecule has 0 aromatic heterocycles. The zero-order valence-electron chi connectivity index (χ0n) is 21.9. The number of esters is 1. The summed E-state index contributed by atoms with van der Waals surface area (Å²) in [6.45, 7) is 1.74. The predicted molar refractivity (Wildman–Crippen MR) is 147 cm³/mol. The topological polar surface area (TPSA) is 80.3 Å². The second kappa shape index (κ2) is 10.8. The molecule has 0 unspecified atom stereocenters. The molecule has 1 aliphatic rings. The monoisotopic (exact) mass is 522 g/mol. The van der Waals surface area contributed by atoms with E-state index in [2.05, 4.69) is 0 Å². The number of allylic oxidation sites excluding steroid dienone is 1. The van der Waals surface area contributed by atoms with Crippen LogP contribution in [0, 0.1) is 6.92 Å². The van der Waals surface area contributed by atoms with E-state index in [0.717, 1.165) is 16.7 Å². The van der Waals surface area contributed by atoms with Gasteiger partial charge in [0.05, 0.1) is 32.5 Å². The molecule has 0 aliphatic carbocycles. The zero-order valence-corrected chi connectivity index (χ0v) is 21.9. The maximum atomic E-state index is 13.1. The second-order valence-corrected chi connectivity index (χ2v) is 8.80. The maximum absolute atomic E-state index is 13.1. The van der Waals surface area contributed by atoms with Crippen LogP contribution >= 0.6 is 0 Å². The summed E-state index contributed by atoms with van der Waals surface area (Å²) in [7, 11) is 4.42. The van der Waals surface area contributed by atoms with Crippen molar-refractivity contribution in [3.8, 4) is 39.9 Å². The van der Waals surface area contributed by atoms with Crippen LogP contribution in [0.4, 0.5) is 0 Å². The average molecular weight is 523 g/mol. The Morgan fingerprint density at radius 1 is 0.769 bits per heavy atom. The van der Waals surface area contributed by atoms with Gasteiger partial charge in [-0.3, -0.25) is 4.79 Å². The molecule has 0 radical (unpaired) electrons. The molecule has 0 fully saturated rings. The molecule has 0 bridgehead atoms. The predicted octanol–water partition coefficient (Wildman–Crippen LogP) is 6.52. The van der Waals surface area contributed by atoms with E-state index in [9.17, 15) is 9.59 Å². The number of carbonyl (C=O) groups excluding carboxylic acids is 2. The Morgan fingerprint density at radius 2 is 1.41 bits per heavy atom. The third-order valence-electron chi connectivity index (χ3n) is 6.46. The molecule has 0 amide bonds. The first-order chi connectivity index (χ1) is 18.9. The Hall–Kier alpha value is -5.04. The van der Waals surface area contributed by atoms with Gasteiger partial charge >= 0.3 is 5.97 Å². The number of rotatable bonds is 7. The molecular weight excluding hydrogens is 496 g/mol. The molecule has 0 atom stereocenters. The van der Waals surface area contributed by atoms with Crippen molar-refractivity contribution < 1.29 is 33.3 Å². The van der Waals surface area contributed by atoms with Gasteiger partial charge in [0.2, 0.25) is 11.5 Å². The highest BCUT2D eigenvalue weighted by Gasteiger charge is 2.31. The lowest BCUT2D eigenvalue weighted by molar-refractivity contribution is 0.0732. The first-order valence-electron chi connectivity index (χ1n) is 12.2. The van der Waals surface area contributed by atoms with Gasteiger partial charge in [0.25, 0.3) is 0 Å². The van der Waals surface area contributed by atoms with E-state index in [1.54, 1.807) is 25.1 Å². The minimum Gasteiger partial charge on any atom is -0.493 e. The number of methoxy groups -OCH3 is 3. The fourth-order valence-corrected chi connectivity index (χ4v) is 4.39. The quantitative estimate of drug-likeness (QED) is 0.155. The molecule has 0 saturated carbocycles. The van der Waals surface area contributed by atoms with Crippen molar-refractivity contribution in [2.24, 2.45) is 0 Å². The lowest BCUT2D eigenvalue weighted by Gasteiger charge is -2.14. The largest absolute Gasteiger partial charge is 0.493 e. The molecule has 4 aromatic rings. The number of carbonyl (C=O) groups is 2. The Morgan fingerprint density at radius 3 is 2.03 bits per heavy atom. The highest BCUT2D eigenvalue weighted by Crippen LogP contribution is 2.41. The molecule has 7 nitrogen and oxygen atoms in total. The minimum atomic E-state index is -0.629. The van der Waals surface area contributed by atoms with Gasteiger partial charge in [-0.05, 0) is 54.0 Å². The molecule has 0 N–H and O–H groups in total. The summed E-state index contributed by atoms with van der Waals surface area (Å²) >= 11 is 0. The standard InChI is InChI=1S/C32H26O7/c1-19-25(39-32(34)23-17-27(35-2)31(37-4)28(18-23)36-3)15-14-24-29(33)26(38-30(19)24)16-20-10-12-22(13-11-20)21-8-6-5-7-9-21/h5-18H,1-4H3/b26-16-. The number of ether oxygens (including phenoxy) is 5. The van der Waals surface area contributed by atoms with Crippen LogP contribution in [0.1, 0.15) is 31.8 Å². The summed E-state index contributed by atoms with van der Waals surface area (Å²) in [5.74, 6) is 1.000. The number of Topliss-reactive ketones (excluding diaryl/α,β-unsaturated/α-hetero) is 1. The van der Waals surface area contributed by atoms with Gasteiger partial charge in [-0.15, -0.1) is 0 Å². The van der Waals surface area contributed by atoms with Crippen molar-refractivity contribution in [3.05, 3.63) is 107 Å². The Kier molecular flexibility index (Phi) is 7.06. The molecule has 5 rings (SSSR count). The lowest BCUT2D eigenvalue weighted by atomic mass is 10.0. The first kappa shape index (κ1) is 25.6. The van der Waals surface area contributed by atoms with E-state index < -0.39 is 5.97 Å². The van der Waals surface area contributed by atoms with Crippen molar-refractivity contribution in [2.75, 3.05) is 21.3 Å². The van der Waals surface area contributed by atoms with Crippen LogP contribution in [-0.2, 0) is 0 Å². The van der Waals surface area contributed by atoms with Gasteiger partial charge in [-0.25, -0.2) is 4.79 Å². The number of benzene rings is 4. The Bertz CT molecular complexity index is 1560. The maximum Gasteiger partial charge on any atom is 0.343 e. The van der Waals surface area contributed by atoms with Gasteiger partial charge in [-0.2, -0.15) is 0 Å². The molecule has 1 heterocycles. The van der Waals surface area contributed by atoms with Crippen molar-refractivity contribution in [1.29, 1.82) is 0 Å². The van der Waals surface area contributed by atoms with E-state index in [-0.39, 0.29) is 22.9 Å². The van der Waals surface area contributed by atoms with Crippen molar-refractivity contribution >= 4 is 17.8 Å². The number of ketones is 1. The Labute approximate surface area is 226 Å². The first-order valence-corrected chi connectivity index (χ1v) is 12.2. The van der Waals surface area contributed by atoms with E-state index in [1.165, 1.54) is 33.5 Å². The van der Waals surface area contributed by atoms with E-state index in [0.29, 0.717) is 34.1 Å². The zero-order chi connectivity index (χ0) is 27.5. The van der Waals surface area contributed by atoms with Crippen molar-refractivity contribution in [2.45, 2.75) is 6.92 Å². The summed E-state index contributed by atoms with van der Waals surface area (Å²) in [4.78, 5) is 26.1. The fourth-order valence-electron chi connectivity index (χ4n) is 4.39. The molecule has 4 aromatic carbocycles. The normalized spacial score (nSPS) is 13.0. The molecular formula is C32H26O7. The molecule has 7 heteroatoms. The fraction of sp³-hybridized carbons (Fsp3) is 0.125. The van der Waals surface area contributed by atoms with Gasteiger partial charge in [0.15, 0.2) is 17.3 Å². The second-order valence-electron chi connectivity index (χ2n) is 8.80. The number of hydrogen-bond donors (Lipinski definition) is 0. The smallest absolute Gasteiger partial charge is 0.343 e. The van der Waals surface area contributed by atoms with Crippen molar-refractivity contribution in [1.82, 2.24) is 0 Å². The lowest BCUT2D eigenvalue weighted by Crippen LogP contribution is -2.10. The summed E-state index contributed by atoms with van der Waals surface area (Å²) < 4.78 is 27.6. The summed E-state index contributed by atoms with van der Waals surface area (Å²) in [6.07, 6.45) is 1.71. The average Bonchev–Trinajstić information content (AvgIpc) is 3.29. The third kappa shape index (κ3) is 4.94. The van der Waals surface area contributed by atoms with Crippen LogP contribution in [0.3, 0.4) is 0 Å². The summed E-state index contributed by atoms with van der Waals surface area (Å²) in [5, 5.41) is 0. The SMILES string of the molecule is COc1cc(C(=O)Oc2ccc3c(c2C)O/C(=C\c2ccc(-c4ccccc4)cc2)C3=O)cc(OC)c1OC. The molecule has 1 aliphatic heterocycles. The number of fused-ring (bicyclic) bond motifs is 1. The van der Waals surface area contributed by atoms with Gasteiger partial charge in [-0.1, -0.05) is 54.6 Å². The minimum absolute atomic E-state index is 0.202. The molecule has 196 valence electrons. The van der Waals surface area contributed by atoms with Crippen LogP contribution in [0.5, 0.6) is 28.7 Å². The van der Waals surface area contributed by atoms with Crippen molar-refractivity contribution in [3.63, 3.8) is 0 Å². The molecule has 0 spiro atoms. The Balaban J connectivity index is 1.37. The van der Waals surface area contributed by atoms with Crippen LogP contribution in [-0.4, -0.2) is 33.1 Å². The summed E-state index contributed by atoms with van der Waals surface area (Å²) in [5.41, 5.74) is 4.17. The van der Waals surface area contributed by atoms with E-state index in [1.807, 2.05) is 54.6 Å². The van der Waals surface area contributed by atoms with Gasteiger partial charge in [0, 0.05) is 5.56 Å². The molecule has 39 heavy (non-hydrogen) atoms. The van der Waals surface area contributed by atoms with Gasteiger partial charge in [0.1, 0.15) is 11.5 Å². The molecule has 0 saturated heterocycles. The number of hydrogen-bond acceptors (Lipinski definition) is 7. The third-order valence-corrected chi connectivity index (χ3v) is 6.46. The van der Waals surface area contributed by atoms with Crippen LogP contribution in [0.15, 0.2) is 84.6 Å². The summed E-state index contributed by atoms with van der Waals surface area (Å²) in [6, 6.07) is 24.1. The van der Waals surface area contributed by atoms with Crippen LogP contribution < -0.4 is 23.7 Å². The highest BCUT2D eigenvalue weighted by atomic mass is 16.5. The van der Waals surface area contributed by atoms with E-state index >= 15 is 0 Å². The van der Waals surface area contributed by atoms with Crippen LogP contribution in [0.25, 0.3) is 17.2 Å². The van der Waals surface area contributed by atoms with Gasteiger partial charge < -0.3 is 23.7 Å². The highest BCUT2D eigenvalue weighted by molar-refractivity contribution is 6.15. The van der Waals surface area contributed by atoms with Crippen LogP contribution in [0.2, 0.25) is 0 Å². The van der Waals surface area contributed by atoms with E-state index in [4.69, 9.17) is 23.7 Å².